The molecule has 0 saturated heterocycles. The Labute approximate surface area is 127 Å². The van der Waals surface area contributed by atoms with E-state index in [-0.39, 0.29) is 5.91 Å². The lowest BCUT2D eigenvalue weighted by Crippen LogP contribution is -2.34. The van der Waals surface area contributed by atoms with Gasteiger partial charge in [-0.05, 0) is 39.7 Å². The molecule has 2 amide bonds. The van der Waals surface area contributed by atoms with Crippen LogP contribution in [-0.4, -0.2) is 30.7 Å². The summed E-state index contributed by atoms with van der Waals surface area (Å²) in [4.78, 5) is 22.8. The van der Waals surface area contributed by atoms with Crippen LogP contribution in [0.2, 0.25) is 0 Å². The van der Waals surface area contributed by atoms with Crippen molar-refractivity contribution in [2.24, 2.45) is 0 Å². The predicted molar refractivity (Wildman–Crippen MR) is 85.0 cm³/mol. The molecule has 0 unspecified atom stereocenters. The fraction of sp³-hybridized carbons (Fsp3) is 0.500. The van der Waals surface area contributed by atoms with Gasteiger partial charge in [0, 0.05) is 19.2 Å². The van der Waals surface area contributed by atoms with Crippen LogP contribution in [0.5, 0.6) is 0 Å². The number of carbonyl (C=O) groups excluding carboxylic acids is 2. The first-order valence-electron chi connectivity index (χ1n) is 6.99. The molecule has 0 aromatic carbocycles. The van der Waals surface area contributed by atoms with Crippen molar-refractivity contribution in [1.82, 2.24) is 10.6 Å². The Bertz CT molecular complexity index is 418. The highest BCUT2D eigenvalue weighted by atomic mass is 16.6. The molecule has 0 aromatic heterocycles. The van der Waals surface area contributed by atoms with Gasteiger partial charge in [0.2, 0.25) is 5.91 Å². The molecule has 0 radical (unpaired) electrons. The van der Waals surface area contributed by atoms with Crippen LogP contribution in [0.15, 0.2) is 36.5 Å². The average molecular weight is 294 g/mol. The van der Waals surface area contributed by atoms with Crippen LogP contribution in [0.3, 0.4) is 0 Å². The second kappa shape index (κ2) is 9.80. The maximum Gasteiger partial charge on any atom is 0.407 e. The van der Waals surface area contributed by atoms with Crippen molar-refractivity contribution >= 4 is 12.0 Å². The van der Waals surface area contributed by atoms with Gasteiger partial charge in [0.25, 0.3) is 0 Å². The largest absolute Gasteiger partial charge is 0.444 e. The van der Waals surface area contributed by atoms with E-state index in [1.165, 1.54) is 6.08 Å². The van der Waals surface area contributed by atoms with E-state index in [0.29, 0.717) is 19.5 Å². The zero-order valence-corrected chi connectivity index (χ0v) is 13.4. The minimum absolute atomic E-state index is 0.182. The SMILES string of the molecule is C=C(/C=C\C)/C=C/C(=O)NCCCNC(=O)OC(C)(C)C. The molecule has 0 spiro atoms. The molecule has 0 fully saturated rings. The van der Waals surface area contributed by atoms with Crippen molar-refractivity contribution in [3.05, 3.63) is 36.5 Å². The van der Waals surface area contributed by atoms with E-state index in [0.717, 1.165) is 5.57 Å². The van der Waals surface area contributed by atoms with Gasteiger partial charge in [0.15, 0.2) is 0 Å². The molecule has 0 aliphatic carbocycles. The topological polar surface area (TPSA) is 67.4 Å². The molecule has 0 aliphatic heterocycles. The van der Waals surface area contributed by atoms with E-state index in [4.69, 9.17) is 4.74 Å². The van der Waals surface area contributed by atoms with Crippen LogP contribution in [0.1, 0.15) is 34.1 Å². The van der Waals surface area contributed by atoms with Crippen LogP contribution >= 0.6 is 0 Å². The monoisotopic (exact) mass is 294 g/mol. The molecule has 2 N–H and O–H groups in total. The Kier molecular flexibility index (Phi) is 8.85. The summed E-state index contributed by atoms with van der Waals surface area (Å²) >= 11 is 0. The van der Waals surface area contributed by atoms with E-state index in [1.807, 2.05) is 19.1 Å². The highest BCUT2D eigenvalue weighted by molar-refractivity contribution is 5.88. The van der Waals surface area contributed by atoms with Crippen LogP contribution in [0, 0.1) is 0 Å². The third-order valence-corrected chi connectivity index (χ3v) is 2.15. The smallest absolute Gasteiger partial charge is 0.407 e. The molecule has 0 saturated carbocycles. The van der Waals surface area contributed by atoms with E-state index in [2.05, 4.69) is 17.2 Å². The molecular weight excluding hydrogens is 268 g/mol. The lowest BCUT2D eigenvalue weighted by Gasteiger charge is -2.19. The van der Waals surface area contributed by atoms with Gasteiger partial charge in [-0.15, -0.1) is 0 Å². The summed E-state index contributed by atoms with van der Waals surface area (Å²) in [6.07, 6.45) is 6.94. The van der Waals surface area contributed by atoms with Gasteiger partial charge < -0.3 is 15.4 Å². The van der Waals surface area contributed by atoms with E-state index in [1.54, 1.807) is 26.8 Å². The van der Waals surface area contributed by atoms with Crippen molar-refractivity contribution in [2.75, 3.05) is 13.1 Å². The fourth-order valence-corrected chi connectivity index (χ4v) is 1.32. The van der Waals surface area contributed by atoms with Crippen molar-refractivity contribution < 1.29 is 14.3 Å². The van der Waals surface area contributed by atoms with Gasteiger partial charge in [-0.3, -0.25) is 4.79 Å². The maximum absolute atomic E-state index is 11.5. The van der Waals surface area contributed by atoms with Crippen LogP contribution in [0.25, 0.3) is 0 Å². The normalized spacial score (nSPS) is 11.6. The number of ether oxygens (including phenoxy) is 1. The van der Waals surface area contributed by atoms with Gasteiger partial charge in [0.05, 0.1) is 0 Å². The molecule has 0 atom stereocenters. The standard InChI is InChI=1S/C16H26N2O3/c1-6-8-13(2)9-10-14(19)17-11-7-12-18-15(20)21-16(3,4)5/h6,8-10H,2,7,11-12H2,1,3-5H3,(H,17,19)(H,18,20)/b8-6-,10-9+. The zero-order chi connectivity index (χ0) is 16.3. The van der Waals surface area contributed by atoms with E-state index in [9.17, 15) is 9.59 Å². The van der Waals surface area contributed by atoms with Gasteiger partial charge in [-0.25, -0.2) is 4.79 Å². The van der Waals surface area contributed by atoms with E-state index < -0.39 is 11.7 Å². The van der Waals surface area contributed by atoms with Crippen molar-refractivity contribution in [3.63, 3.8) is 0 Å². The molecule has 0 bridgehead atoms. The molecule has 21 heavy (non-hydrogen) atoms. The Hall–Kier alpha value is -2.04. The minimum Gasteiger partial charge on any atom is -0.444 e. The summed E-state index contributed by atoms with van der Waals surface area (Å²) in [5.41, 5.74) is 0.262. The molecule has 5 nitrogen and oxygen atoms in total. The number of hydrogen-bond acceptors (Lipinski definition) is 3. The van der Waals surface area contributed by atoms with Crippen molar-refractivity contribution in [3.8, 4) is 0 Å². The Morgan fingerprint density at radius 2 is 1.71 bits per heavy atom. The summed E-state index contributed by atoms with van der Waals surface area (Å²) in [5.74, 6) is -0.182. The quantitative estimate of drug-likeness (QED) is 0.431. The first kappa shape index (κ1) is 19.0. The Balaban J connectivity index is 3.74. The number of allylic oxidation sites excluding steroid dienone is 4. The maximum atomic E-state index is 11.5. The summed E-state index contributed by atoms with van der Waals surface area (Å²) in [7, 11) is 0. The molecule has 5 heteroatoms. The Morgan fingerprint density at radius 3 is 2.29 bits per heavy atom. The molecule has 0 heterocycles. The molecule has 118 valence electrons. The molecule has 0 aliphatic rings. The highest BCUT2D eigenvalue weighted by Gasteiger charge is 2.15. The second-order valence-electron chi connectivity index (χ2n) is 5.48. The summed E-state index contributed by atoms with van der Waals surface area (Å²) in [5, 5.41) is 5.35. The van der Waals surface area contributed by atoms with Gasteiger partial charge >= 0.3 is 6.09 Å². The number of nitrogens with one attached hydrogen (secondary N) is 2. The van der Waals surface area contributed by atoms with Gasteiger partial charge in [-0.2, -0.15) is 0 Å². The van der Waals surface area contributed by atoms with Gasteiger partial charge in [-0.1, -0.05) is 24.8 Å². The van der Waals surface area contributed by atoms with Crippen LogP contribution < -0.4 is 10.6 Å². The lowest BCUT2D eigenvalue weighted by atomic mass is 10.2. The highest BCUT2D eigenvalue weighted by Crippen LogP contribution is 2.06. The summed E-state index contributed by atoms with van der Waals surface area (Å²) < 4.78 is 5.09. The number of hydrogen-bond donors (Lipinski definition) is 2. The third kappa shape index (κ3) is 12.7. The first-order valence-corrected chi connectivity index (χ1v) is 6.99. The minimum atomic E-state index is -0.502. The van der Waals surface area contributed by atoms with Crippen LogP contribution in [-0.2, 0) is 9.53 Å². The fourth-order valence-electron chi connectivity index (χ4n) is 1.32. The zero-order valence-electron chi connectivity index (χ0n) is 13.4. The van der Waals surface area contributed by atoms with Crippen LogP contribution in [0.4, 0.5) is 4.79 Å². The summed E-state index contributed by atoms with van der Waals surface area (Å²) in [6.45, 7) is 12.0. The number of alkyl carbamates (subject to hydrolysis) is 1. The molecular formula is C16H26N2O3. The number of amides is 2. The van der Waals surface area contributed by atoms with Gasteiger partial charge in [0.1, 0.15) is 5.60 Å². The first-order chi connectivity index (χ1) is 9.74. The predicted octanol–water partition coefficient (Wildman–Crippen LogP) is 2.71. The Morgan fingerprint density at radius 1 is 1.10 bits per heavy atom. The third-order valence-electron chi connectivity index (χ3n) is 2.15. The summed E-state index contributed by atoms with van der Waals surface area (Å²) in [6, 6.07) is 0. The van der Waals surface area contributed by atoms with Crippen molar-refractivity contribution in [2.45, 2.75) is 39.7 Å². The number of carbonyl (C=O) groups is 2. The average Bonchev–Trinajstić information content (AvgIpc) is 2.34. The van der Waals surface area contributed by atoms with Crippen molar-refractivity contribution in [1.29, 1.82) is 0 Å². The second-order valence-corrected chi connectivity index (χ2v) is 5.48. The lowest BCUT2D eigenvalue weighted by molar-refractivity contribution is -0.116. The number of rotatable bonds is 7. The van der Waals surface area contributed by atoms with E-state index >= 15 is 0 Å². The molecule has 0 aromatic rings. The molecule has 0 rings (SSSR count).